The SMILES string of the molecule is c1cc(-c2cccc3ccccc23)cc(-c2cccc3c(-c4ccc(-c5cc6ccccc6c6ccccc56)cc4)cccc23)c1. The van der Waals surface area contributed by atoms with Crippen molar-refractivity contribution in [3.8, 4) is 44.5 Å². The summed E-state index contributed by atoms with van der Waals surface area (Å²) in [7, 11) is 0. The van der Waals surface area contributed by atoms with Crippen LogP contribution in [0, 0.1) is 0 Å². The predicted molar refractivity (Wildman–Crippen MR) is 198 cm³/mol. The van der Waals surface area contributed by atoms with Crippen molar-refractivity contribution in [3.05, 3.63) is 182 Å². The molecule has 0 heteroatoms. The fourth-order valence-corrected chi connectivity index (χ4v) is 7.27. The summed E-state index contributed by atoms with van der Waals surface area (Å²) in [5, 5.41) is 10.2. The summed E-state index contributed by atoms with van der Waals surface area (Å²) in [6, 6.07) is 66.5. The molecule has 0 heterocycles. The summed E-state index contributed by atoms with van der Waals surface area (Å²) >= 11 is 0. The highest BCUT2D eigenvalue weighted by Gasteiger charge is 2.12. The summed E-state index contributed by atoms with van der Waals surface area (Å²) in [6.07, 6.45) is 0. The normalized spacial score (nSPS) is 11.5. The van der Waals surface area contributed by atoms with E-state index in [-0.39, 0.29) is 0 Å². The first-order chi connectivity index (χ1) is 22.8. The van der Waals surface area contributed by atoms with Gasteiger partial charge in [0.05, 0.1) is 0 Å². The first-order valence-corrected chi connectivity index (χ1v) is 15.9. The van der Waals surface area contributed by atoms with Crippen molar-refractivity contribution < 1.29 is 0 Å². The second kappa shape index (κ2) is 10.9. The van der Waals surface area contributed by atoms with Crippen molar-refractivity contribution in [1.29, 1.82) is 0 Å². The molecule has 46 heavy (non-hydrogen) atoms. The van der Waals surface area contributed by atoms with Crippen molar-refractivity contribution in [2.24, 2.45) is 0 Å². The molecule has 0 aliphatic rings. The summed E-state index contributed by atoms with van der Waals surface area (Å²) in [4.78, 5) is 0. The van der Waals surface area contributed by atoms with Crippen LogP contribution in [-0.2, 0) is 0 Å². The second-order valence-electron chi connectivity index (χ2n) is 12.1. The van der Waals surface area contributed by atoms with Crippen molar-refractivity contribution in [2.75, 3.05) is 0 Å². The van der Waals surface area contributed by atoms with Gasteiger partial charge in [-0.1, -0.05) is 170 Å². The molecule has 0 aromatic heterocycles. The molecule has 0 saturated carbocycles. The van der Waals surface area contributed by atoms with E-state index in [1.807, 2.05) is 0 Å². The molecule has 0 aliphatic carbocycles. The molecular formula is C46H30. The third-order valence-electron chi connectivity index (χ3n) is 9.47. The Morgan fingerprint density at radius 1 is 0.196 bits per heavy atom. The maximum Gasteiger partial charge on any atom is -0.00990 e. The predicted octanol–water partition coefficient (Wildman–Crippen LogP) is 13.0. The molecule has 0 spiro atoms. The van der Waals surface area contributed by atoms with E-state index in [4.69, 9.17) is 0 Å². The van der Waals surface area contributed by atoms with E-state index in [0.29, 0.717) is 0 Å². The van der Waals surface area contributed by atoms with Gasteiger partial charge in [0.25, 0.3) is 0 Å². The molecule has 214 valence electrons. The Morgan fingerprint density at radius 2 is 0.609 bits per heavy atom. The van der Waals surface area contributed by atoms with Gasteiger partial charge in [0.2, 0.25) is 0 Å². The zero-order valence-corrected chi connectivity index (χ0v) is 25.3. The van der Waals surface area contributed by atoms with Crippen molar-refractivity contribution in [2.45, 2.75) is 0 Å². The lowest BCUT2D eigenvalue weighted by molar-refractivity contribution is 1.61. The molecule has 9 aromatic rings. The molecular weight excluding hydrogens is 553 g/mol. The van der Waals surface area contributed by atoms with Crippen LogP contribution >= 0.6 is 0 Å². The summed E-state index contributed by atoms with van der Waals surface area (Å²) in [6.45, 7) is 0. The minimum Gasteiger partial charge on any atom is -0.0616 e. The smallest absolute Gasteiger partial charge is 0.00990 e. The van der Waals surface area contributed by atoms with Gasteiger partial charge in [-0.15, -0.1) is 0 Å². The summed E-state index contributed by atoms with van der Waals surface area (Å²) in [5.41, 5.74) is 9.96. The van der Waals surface area contributed by atoms with Crippen LogP contribution < -0.4 is 0 Å². The molecule has 9 aromatic carbocycles. The lowest BCUT2D eigenvalue weighted by atomic mass is 9.90. The average molecular weight is 583 g/mol. The minimum atomic E-state index is 1.22. The highest BCUT2D eigenvalue weighted by molar-refractivity contribution is 6.14. The number of benzene rings is 9. The Hall–Kier alpha value is -5.98. The molecule has 0 fully saturated rings. The average Bonchev–Trinajstić information content (AvgIpc) is 3.14. The maximum atomic E-state index is 2.34. The molecule has 0 nitrogen and oxygen atoms in total. The van der Waals surface area contributed by atoms with Crippen LogP contribution in [0.15, 0.2) is 182 Å². The first-order valence-electron chi connectivity index (χ1n) is 15.9. The molecule has 0 saturated heterocycles. The number of hydrogen-bond donors (Lipinski definition) is 0. The third kappa shape index (κ3) is 4.38. The third-order valence-corrected chi connectivity index (χ3v) is 9.47. The van der Waals surface area contributed by atoms with Gasteiger partial charge in [-0.05, 0) is 99.7 Å². The second-order valence-corrected chi connectivity index (χ2v) is 12.1. The van der Waals surface area contributed by atoms with E-state index in [1.54, 1.807) is 0 Å². The largest absolute Gasteiger partial charge is 0.0616 e. The van der Waals surface area contributed by atoms with Crippen LogP contribution in [-0.4, -0.2) is 0 Å². The topological polar surface area (TPSA) is 0 Å². The molecule has 0 aliphatic heterocycles. The van der Waals surface area contributed by atoms with Crippen LogP contribution in [0.4, 0.5) is 0 Å². The van der Waals surface area contributed by atoms with Crippen LogP contribution in [0.5, 0.6) is 0 Å². The monoisotopic (exact) mass is 582 g/mol. The van der Waals surface area contributed by atoms with Crippen molar-refractivity contribution in [3.63, 3.8) is 0 Å². The van der Waals surface area contributed by atoms with Gasteiger partial charge < -0.3 is 0 Å². The lowest BCUT2D eigenvalue weighted by Crippen LogP contribution is -1.88. The molecule has 0 N–H and O–H groups in total. The Bertz CT molecular complexity index is 2560. The van der Waals surface area contributed by atoms with Gasteiger partial charge in [-0.25, -0.2) is 0 Å². The van der Waals surface area contributed by atoms with Gasteiger partial charge in [-0.3, -0.25) is 0 Å². The van der Waals surface area contributed by atoms with Crippen LogP contribution in [0.2, 0.25) is 0 Å². The van der Waals surface area contributed by atoms with E-state index < -0.39 is 0 Å². The van der Waals surface area contributed by atoms with Crippen LogP contribution in [0.1, 0.15) is 0 Å². The summed E-state index contributed by atoms with van der Waals surface area (Å²) in [5.74, 6) is 0. The van der Waals surface area contributed by atoms with Crippen LogP contribution in [0.25, 0.3) is 87.6 Å². The molecule has 0 bridgehead atoms. The number of fused-ring (bicyclic) bond motifs is 5. The van der Waals surface area contributed by atoms with Gasteiger partial charge in [-0.2, -0.15) is 0 Å². The van der Waals surface area contributed by atoms with Crippen molar-refractivity contribution >= 4 is 43.1 Å². The fourth-order valence-electron chi connectivity index (χ4n) is 7.27. The number of hydrogen-bond acceptors (Lipinski definition) is 0. The van der Waals surface area contributed by atoms with E-state index in [1.165, 1.54) is 87.6 Å². The Morgan fingerprint density at radius 3 is 1.30 bits per heavy atom. The van der Waals surface area contributed by atoms with Crippen LogP contribution in [0.3, 0.4) is 0 Å². The molecule has 0 amide bonds. The van der Waals surface area contributed by atoms with Crippen molar-refractivity contribution in [1.82, 2.24) is 0 Å². The van der Waals surface area contributed by atoms with Gasteiger partial charge >= 0.3 is 0 Å². The zero-order valence-electron chi connectivity index (χ0n) is 25.3. The maximum absolute atomic E-state index is 2.34. The Kier molecular flexibility index (Phi) is 6.25. The zero-order chi connectivity index (χ0) is 30.5. The van der Waals surface area contributed by atoms with Gasteiger partial charge in [0.1, 0.15) is 0 Å². The first kappa shape index (κ1) is 26.4. The van der Waals surface area contributed by atoms with Gasteiger partial charge in [0, 0.05) is 0 Å². The quantitative estimate of drug-likeness (QED) is 0.181. The molecule has 0 radical (unpaired) electrons. The molecule has 0 atom stereocenters. The highest BCUT2D eigenvalue weighted by atomic mass is 14.2. The molecule has 9 rings (SSSR count). The van der Waals surface area contributed by atoms with Gasteiger partial charge in [0.15, 0.2) is 0 Å². The number of rotatable bonds is 4. The Labute approximate surface area is 268 Å². The summed E-state index contributed by atoms with van der Waals surface area (Å²) < 4.78 is 0. The Balaban J connectivity index is 1.13. The van der Waals surface area contributed by atoms with E-state index >= 15 is 0 Å². The van der Waals surface area contributed by atoms with E-state index in [0.717, 1.165) is 0 Å². The molecule has 0 unspecified atom stereocenters. The minimum absolute atomic E-state index is 1.22. The van der Waals surface area contributed by atoms with E-state index in [2.05, 4.69) is 182 Å². The highest BCUT2D eigenvalue weighted by Crippen LogP contribution is 2.39. The standard InChI is InChI=1S/C46H30/c1-3-16-37-31(11-1)13-8-20-39(37)34-14-7-15-35(29-34)41-22-10-23-43-38(21-9-24-44(41)43)32-25-27-33(28-26-32)46-30-36-12-2-4-17-40(36)42-18-5-6-19-45(42)46/h1-30H. The fraction of sp³-hybridized carbons (Fsp3) is 0. The van der Waals surface area contributed by atoms with E-state index in [9.17, 15) is 0 Å². The lowest BCUT2D eigenvalue weighted by Gasteiger charge is -2.14.